The summed E-state index contributed by atoms with van der Waals surface area (Å²) in [6.07, 6.45) is 0. The first-order valence-corrected chi connectivity index (χ1v) is 10.7. The van der Waals surface area contributed by atoms with Gasteiger partial charge >= 0.3 is 0 Å². The molecule has 0 saturated carbocycles. The second-order valence-electron chi connectivity index (χ2n) is 7.03. The van der Waals surface area contributed by atoms with Crippen molar-refractivity contribution in [2.75, 3.05) is 16.7 Å². The number of benzene rings is 3. The predicted molar refractivity (Wildman–Crippen MR) is 117 cm³/mol. The number of carbonyl (C=O) groups excluding carboxylic acids is 1. The van der Waals surface area contributed by atoms with Crippen LogP contribution in [0.5, 0.6) is 0 Å². The van der Waals surface area contributed by atoms with Crippen molar-refractivity contribution in [1.29, 1.82) is 0 Å². The van der Waals surface area contributed by atoms with Crippen molar-refractivity contribution in [2.24, 2.45) is 0 Å². The molecule has 0 aromatic heterocycles. The van der Waals surface area contributed by atoms with E-state index in [4.69, 9.17) is 0 Å². The summed E-state index contributed by atoms with van der Waals surface area (Å²) in [5.74, 6) is -0.278. The van der Waals surface area contributed by atoms with Gasteiger partial charge in [-0.3, -0.25) is 9.52 Å². The number of amides is 1. The molecule has 0 bridgehead atoms. The molecule has 0 unspecified atom stereocenters. The molecule has 0 spiro atoms. The first kappa shape index (κ1) is 20.6. The molecule has 1 amide bonds. The van der Waals surface area contributed by atoms with Crippen LogP contribution in [0.25, 0.3) is 0 Å². The fourth-order valence-electron chi connectivity index (χ4n) is 3.05. The van der Waals surface area contributed by atoms with Gasteiger partial charge in [0.2, 0.25) is 0 Å². The maximum absolute atomic E-state index is 13.1. The third kappa shape index (κ3) is 4.32. The molecule has 150 valence electrons. The van der Waals surface area contributed by atoms with Crippen LogP contribution in [0.15, 0.2) is 71.6 Å². The van der Waals surface area contributed by atoms with Crippen LogP contribution in [-0.2, 0) is 10.0 Å². The van der Waals surface area contributed by atoms with E-state index >= 15 is 0 Å². The maximum atomic E-state index is 13.1. The lowest BCUT2D eigenvalue weighted by Gasteiger charge is -2.19. The van der Waals surface area contributed by atoms with Gasteiger partial charge in [0.25, 0.3) is 15.9 Å². The van der Waals surface area contributed by atoms with Crippen molar-refractivity contribution in [3.05, 3.63) is 89.0 Å². The molecule has 0 saturated heterocycles. The number of nitrogens with one attached hydrogen (secondary N) is 1. The molecular weight excluding hydrogens is 384 g/mol. The van der Waals surface area contributed by atoms with Crippen molar-refractivity contribution < 1.29 is 13.2 Å². The number of sulfonamides is 1. The number of hydrogen-bond acceptors (Lipinski definition) is 3. The van der Waals surface area contributed by atoms with Crippen LogP contribution in [0.4, 0.5) is 11.4 Å². The van der Waals surface area contributed by atoms with Gasteiger partial charge in [0.05, 0.1) is 10.6 Å². The highest BCUT2D eigenvalue weighted by molar-refractivity contribution is 7.92. The Morgan fingerprint density at radius 3 is 2.24 bits per heavy atom. The summed E-state index contributed by atoms with van der Waals surface area (Å²) in [7, 11) is -2.18. The third-order valence-corrected chi connectivity index (χ3v) is 6.53. The van der Waals surface area contributed by atoms with Crippen molar-refractivity contribution in [2.45, 2.75) is 25.7 Å². The summed E-state index contributed by atoms with van der Waals surface area (Å²) < 4.78 is 28.8. The quantitative estimate of drug-likeness (QED) is 0.666. The molecule has 29 heavy (non-hydrogen) atoms. The summed E-state index contributed by atoms with van der Waals surface area (Å²) >= 11 is 0. The molecule has 1 N–H and O–H groups in total. The molecule has 0 heterocycles. The first-order valence-electron chi connectivity index (χ1n) is 9.23. The number of anilines is 2. The van der Waals surface area contributed by atoms with Gasteiger partial charge in [-0.05, 0) is 67.8 Å². The van der Waals surface area contributed by atoms with Crippen molar-refractivity contribution in [1.82, 2.24) is 0 Å². The lowest BCUT2D eigenvalue weighted by Crippen LogP contribution is -2.26. The summed E-state index contributed by atoms with van der Waals surface area (Å²) in [6, 6.07) is 19.4. The highest BCUT2D eigenvalue weighted by atomic mass is 32.2. The standard InChI is InChI=1S/C23H24N2O3S/c1-16-9-8-12-21(18(16)3)24-29(27,28)22-15-19(14-13-17(22)2)23(26)25(4)20-10-6-5-7-11-20/h5-15,24H,1-4H3. The fourth-order valence-corrected chi connectivity index (χ4v) is 4.44. The first-order chi connectivity index (χ1) is 13.7. The van der Waals surface area contributed by atoms with Crippen LogP contribution < -0.4 is 9.62 Å². The van der Waals surface area contributed by atoms with Crippen LogP contribution in [-0.4, -0.2) is 21.4 Å². The van der Waals surface area contributed by atoms with Crippen LogP contribution in [0.1, 0.15) is 27.0 Å². The van der Waals surface area contributed by atoms with E-state index in [0.29, 0.717) is 16.8 Å². The predicted octanol–water partition coefficient (Wildman–Crippen LogP) is 4.69. The maximum Gasteiger partial charge on any atom is 0.262 e. The molecule has 0 aliphatic carbocycles. The van der Waals surface area contributed by atoms with Crippen LogP contribution >= 0.6 is 0 Å². The Labute approximate surface area is 172 Å². The fraction of sp³-hybridized carbons (Fsp3) is 0.174. The molecule has 5 nitrogen and oxygen atoms in total. The minimum atomic E-state index is -3.85. The Morgan fingerprint density at radius 2 is 1.55 bits per heavy atom. The Balaban J connectivity index is 1.96. The number of aryl methyl sites for hydroxylation is 2. The van der Waals surface area contributed by atoms with Gasteiger partial charge < -0.3 is 4.90 Å². The van der Waals surface area contributed by atoms with Crippen molar-refractivity contribution in [3.8, 4) is 0 Å². The molecule has 6 heteroatoms. The summed E-state index contributed by atoms with van der Waals surface area (Å²) in [5.41, 5.74) is 4.00. The van der Waals surface area contributed by atoms with E-state index in [-0.39, 0.29) is 10.8 Å². The Hall–Kier alpha value is -3.12. The zero-order chi connectivity index (χ0) is 21.2. The highest BCUT2D eigenvalue weighted by Crippen LogP contribution is 2.25. The van der Waals surface area contributed by atoms with Gasteiger partial charge in [0.15, 0.2) is 0 Å². The summed E-state index contributed by atoms with van der Waals surface area (Å²) in [4.78, 5) is 14.5. The second-order valence-corrected chi connectivity index (χ2v) is 8.68. The van der Waals surface area contributed by atoms with Crippen LogP contribution in [0.3, 0.4) is 0 Å². The van der Waals surface area contributed by atoms with E-state index in [1.165, 1.54) is 11.0 Å². The number of hydrogen-bond donors (Lipinski definition) is 1. The number of nitrogens with zero attached hydrogens (tertiary/aromatic N) is 1. The zero-order valence-electron chi connectivity index (χ0n) is 16.9. The van der Waals surface area contributed by atoms with Gasteiger partial charge in [-0.2, -0.15) is 0 Å². The van der Waals surface area contributed by atoms with E-state index in [1.54, 1.807) is 32.2 Å². The average Bonchev–Trinajstić information content (AvgIpc) is 2.71. The van der Waals surface area contributed by atoms with E-state index in [9.17, 15) is 13.2 Å². The number of rotatable bonds is 5. The Bertz CT molecular complexity index is 1160. The molecule has 0 fully saturated rings. The van der Waals surface area contributed by atoms with E-state index in [0.717, 1.165) is 16.8 Å². The number of para-hydroxylation sites is 1. The molecule has 0 aliphatic heterocycles. The monoisotopic (exact) mass is 408 g/mol. The molecule has 3 rings (SSSR count). The molecule has 0 atom stereocenters. The van der Waals surface area contributed by atoms with Crippen molar-refractivity contribution in [3.63, 3.8) is 0 Å². The average molecular weight is 409 g/mol. The van der Waals surface area contributed by atoms with Gasteiger partial charge in [0.1, 0.15) is 0 Å². The lowest BCUT2D eigenvalue weighted by molar-refractivity contribution is 0.0993. The lowest BCUT2D eigenvalue weighted by atomic mass is 10.1. The molecule has 3 aromatic rings. The minimum Gasteiger partial charge on any atom is -0.311 e. The molecule has 0 aliphatic rings. The van der Waals surface area contributed by atoms with E-state index < -0.39 is 10.0 Å². The van der Waals surface area contributed by atoms with Gasteiger partial charge in [-0.1, -0.05) is 36.4 Å². The normalized spacial score (nSPS) is 11.2. The topological polar surface area (TPSA) is 66.5 Å². The van der Waals surface area contributed by atoms with Crippen LogP contribution in [0, 0.1) is 20.8 Å². The Morgan fingerprint density at radius 1 is 0.862 bits per heavy atom. The number of carbonyl (C=O) groups is 1. The van der Waals surface area contributed by atoms with E-state index in [1.807, 2.05) is 56.3 Å². The van der Waals surface area contributed by atoms with Gasteiger partial charge in [-0.25, -0.2) is 8.42 Å². The van der Waals surface area contributed by atoms with E-state index in [2.05, 4.69) is 4.72 Å². The van der Waals surface area contributed by atoms with Gasteiger partial charge in [0, 0.05) is 18.3 Å². The Kier molecular flexibility index (Phi) is 5.75. The zero-order valence-corrected chi connectivity index (χ0v) is 17.7. The SMILES string of the molecule is Cc1ccc(C(=O)N(C)c2ccccc2)cc1S(=O)(=O)Nc1cccc(C)c1C. The summed E-state index contributed by atoms with van der Waals surface area (Å²) in [6.45, 7) is 5.51. The van der Waals surface area contributed by atoms with Crippen LogP contribution in [0.2, 0.25) is 0 Å². The third-order valence-electron chi connectivity index (χ3n) is 5.02. The smallest absolute Gasteiger partial charge is 0.262 e. The van der Waals surface area contributed by atoms with Gasteiger partial charge in [-0.15, -0.1) is 0 Å². The molecular formula is C23H24N2O3S. The second kappa shape index (κ2) is 8.09. The van der Waals surface area contributed by atoms with Crippen molar-refractivity contribution >= 4 is 27.3 Å². The largest absolute Gasteiger partial charge is 0.311 e. The highest BCUT2D eigenvalue weighted by Gasteiger charge is 2.22. The molecule has 0 radical (unpaired) electrons. The molecule has 3 aromatic carbocycles. The summed E-state index contributed by atoms with van der Waals surface area (Å²) in [5, 5.41) is 0. The minimum absolute atomic E-state index is 0.0886.